The molecule has 0 aromatic heterocycles. The second-order valence-electron chi connectivity index (χ2n) is 4.33. The number of nitro groups is 1. The molecule has 0 unspecified atom stereocenters. The maximum atomic E-state index is 12.0. The van der Waals surface area contributed by atoms with Gasteiger partial charge in [0, 0.05) is 10.6 Å². The van der Waals surface area contributed by atoms with Gasteiger partial charge in [-0.15, -0.1) is 6.58 Å². The van der Waals surface area contributed by atoms with E-state index in [2.05, 4.69) is 11.9 Å². The maximum Gasteiger partial charge on any atom is 0.228 e. The fourth-order valence-corrected chi connectivity index (χ4v) is 2.40. The van der Waals surface area contributed by atoms with E-state index in [0.29, 0.717) is 12.1 Å². The van der Waals surface area contributed by atoms with Gasteiger partial charge in [-0.2, -0.15) is 0 Å². The van der Waals surface area contributed by atoms with Crippen molar-refractivity contribution in [1.29, 1.82) is 0 Å². The quantitative estimate of drug-likeness (QED) is 0.503. The van der Waals surface area contributed by atoms with E-state index in [1.807, 2.05) is 12.1 Å². The highest BCUT2D eigenvalue weighted by Gasteiger charge is 2.37. The van der Waals surface area contributed by atoms with Gasteiger partial charge in [-0.25, -0.2) is 0 Å². The molecule has 18 heavy (non-hydrogen) atoms. The molecule has 1 amide bonds. The van der Waals surface area contributed by atoms with Gasteiger partial charge >= 0.3 is 0 Å². The number of hydrogen-bond acceptors (Lipinski definition) is 3. The Morgan fingerprint density at radius 2 is 2.11 bits per heavy atom. The number of allylic oxidation sites excluding steroid dienone is 1. The monoisotopic (exact) mass is 246 g/mol. The number of nitrogens with one attached hydrogen (secondary N) is 1. The van der Waals surface area contributed by atoms with Crippen LogP contribution in [0.1, 0.15) is 17.9 Å². The Hall–Kier alpha value is -2.17. The predicted molar refractivity (Wildman–Crippen MR) is 68.0 cm³/mol. The number of anilines is 1. The van der Waals surface area contributed by atoms with E-state index in [-0.39, 0.29) is 23.3 Å². The molecule has 1 heterocycles. The van der Waals surface area contributed by atoms with Crippen LogP contribution in [0.25, 0.3) is 0 Å². The van der Waals surface area contributed by atoms with Crippen LogP contribution in [0.4, 0.5) is 5.69 Å². The normalized spacial score (nSPS) is 21.9. The summed E-state index contributed by atoms with van der Waals surface area (Å²) in [6.07, 6.45) is 2.07. The van der Waals surface area contributed by atoms with E-state index in [1.54, 1.807) is 18.2 Å². The second kappa shape index (κ2) is 5.00. The van der Waals surface area contributed by atoms with Gasteiger partial charge in [-0.1, -0.05) is 24.3 Å². The van der Waals surface area contributed by atoms with E-state index < -0.39 is 5.92 Å². The van der Waals surface area contributed by atoms with Crippen molar-refractivity contribution >= 4 is 11.6 Å². The van der Waals surface area contributed by atoms with E-state index in [4.69, 9.17) is 0 Å². The molecule has 0 spiro atoms. The zero-order chi connectivity index (χ0) is 13.1. The van der Waals surface area contributed by atoms with Crippen molar-refractivity contribution in [2.75, 3.05) is 11.9 Å². The lowest BCUT2D eigenvalue weighted by molar-refractivity contribution is -0.484. The molecule has 0 saturated carbocycles. The highest BCUT2D eigenvalue weighted by Crippen LogP contribution is 2.37. The molecule has 0 saturated heterocycles. The number of hydrogen-bond donors (Lipinski definition) is 1. The number of benzene rings is 1. The van der Waals surface area contributed by atoms with Crippen LogP contribution in [0.2, 0.25) is 0 Å². The Morgan fingerprint density at radius 1 is 1.39 bits per heavy atom. The van der Waals surface area contributed by atoms with E-state index in [9.17, 15) is 14.9 Å². The van der Waals surface area contributed by atoms with E-state index in [0.717, 1.165) is 5.56 Å². The Kier molecular flexibility index (Phi) is 3.41. The topological polar surface area (TPSA) is 72.2 Å². The summed E-state index contributed by atoms with van der Waals surface area (Å²) in [7, 11) is 0. The molecular weight excluding hydrogens is 232 g/mol. The SMILES string of the molecule is C=CC[C@@H]1C(=O)Nc2ccccc2[C@@H]1C[N+](=O)[O-]. The number of fused-ring (bicyclic) bond motifs is 1. The maximum absolute atomic E-state index is 12.0. The molecule has 0 aliphatic carbocycles. The summed E-state index contributed by atoms with van der Waals surface area (Å²) < 4.78 is 0. The van der Waals surface area contributed by atoms with Crippen LogP contribution in [-0.4, -0.2) is 17.4 Å². The van der Waals surface area contributed by atoms with Gasteiger partial charge in [0.15, 0.2) is 0 Å². The van der Waals surface area contributed by atoms with Gasteiger partial charge in [0.1, 0.15) is 0 Å². The zero-order valence-electron chi connectivity index (χ0n) is 9.83. The molecular formula is C13H14N2O3. The van der Waals surface area contributed by atoms with Crippen molar-refractivity contribution in [2.45, 2.75) is 12.3 Å². The highest BCUT2D eigenvalue weighted by atomic mass is 16.6. The van der Waals surface area contributed by atoms with Gasteiger partial charge in [0.25, 0.3) is 0 Å². The first-order valence-electron chi connectivity index (χ1n) is 5.76. The number of para-hydroxylation sites is 1. The lowest BCUT2D eigenvalue weighted by Gasteiger charge is -2.30. The second-order valence-corrected chi connectivity index (χ2v) is 4.33. The van der Waals surface area contributed by atoms with Crippen LogP contribution in [0.3, 0.4) is 0 Å². The molecule has 2 atom stereocenters. The first-order valence-corrected chi connectivity index (χ1v) is 5.76. The molecule has 1 aromatic rings. The minimum atomic E-state index is -0.414. The largest absolute Gasteiger partial charge is 0.326 e. The van der Waals surface area contributed by atoms with Crippen LogP contribution in [0.15, 0.2) is 36.9 Å². The van der Waals surface area contributed by atoms with Crippen LogP contribution in [0, 0.1) is 16.0 Å². The molecule has 0 fully saturated rings. The van der Waals surface area contributed by atoms with Crippen molar-refractivity contribution < 1.29 is 9.72 Å². The zero-order valence-corrected chi connectivity index (χ0v) is 9.83. The Bertz CT molecular complexity index is 499. The van der Waals surface area contributed by atoms with Gasteiger partial charge < -0.3 is 5.32 Å². The van der Waals surface area contributed by atoms with Crippen molar-refractivity contribution in [3.8, 4) is 0 Å². The lowest BCUT2D eigenvalue weighted by Crippen LogP contribution is -2.36. The smallest absolute Gasteiger partial charge is 0.228 e. The number of carbonyl (C=O) groups excluding carboxylic acids is 1. The Balaban J connectivity index is 2.42. The number of nitrogens with zero attached hydrogens (tertiary/aromatic N) is 1. The predicted octanol–water partition coefficient (Wildman–Crippen LogP) is 2.19. The standard InChI is InChI=1S/C13H14N2O3/c1-2-5-10-11(8-15(17)18)9-6-3-4-7-12(9)14-13(10)16/h2-4,6-7,10-11H,1,5,8H2,(H,14,16)/t10-,11-/m0/s1. The third-order valence-electron chi connectivity index (χ3n) is 3.21. The minimum absolute atomic E-state index is 0.166. The van der Waals surface area contributed by atoms with Crippen LogP contribution < -0.4 is 5.32 Å². The lowest BCUT2D eigenvalue weighted by atomic mass is 9.80. The highest BCUT2D eigenvalue weighted by molar-refractivity contribution is 5.96. The van der Waals surface area contributed by atoms with Gasteiger partial charge in [-0.3, -0.25) is 14.9 Å². The van der Waals surface area contributed by atoms with Crippen LogP contribution in [0.5, 0.6) is 0 Å². The Labute approximate surface area is 105 Å². The summed E-state index contributed by atoms with van der Waals surface area (Å²) in [4.78, 5) is 22.4. The molecule has 0 bridgehead atoms. The summed E-state index contributed by atoms with van der Waals surface area (Å²) in [5, 5.41) is 13.6. The molecule has 94 valence electrons. The molecule has 1 aliphatic rings. The number of amides is 1. The van der Waals surface area contributed by atoms with Crippen LogP contribution >= 0.6 is 0 Å². The first kappa shape index (κ1) is 12.3. The summed E-state index contributed by atoms with van der Waals surface area (Å²) in [6, 6.07) is 7.23. The average molecular weight is 246 g/mol. The molecule has 0 radical (unpaired) electrons. The van der Waals surface area contributed by atoms with Crippen molar-refractivity contribution in [3.05, 3.63) is 52.6 Å². The summed E-state index contributed by atoms with van der Waals surface area (Å²) in [6.45, 7) is 3.38. The molecule has 5 nitrogen and oxygen atoms in total. The summed E-state index contributed by atoms with van der Waals surface area (Å²) in [5.74, 6) is -0.966. The average Bonchev–Trinajstić information content (AvgIpc) is 2.33. The van der Waals surface area contributed by atoms with E-state index in [1.165, 1.54) is 0 Å². The van der Waals surface area contributed by atoms with Gasteiger partial charge in [0.05, 0.1) is 11.8 Å². The molecule has 1 aromatic carbocycles. The summed E-state index contributed by atoms with van der Waals surface area (Å²) >= 11 is 0. The van der Waals surface area contributed by atoms with Crippen LogP contribution in [-0.2, 0) is 4.79 Å². The third kappa shape index (κ3) is 2.25. The Morgan fingerprint density at radius 3 is 2.78 bits per heavy atom. The van der Waals surface area contributed by atoms with Gasteiger partial charge in [0.2, 0.25) is 12.5 Å². The number of carbonyl (C=O) groups is 1. The fraction of sp³-hybridized carbons (Fsp3) is 0.308. The first-order chi connectivity index (χ1) is 8.63. The molecule has 5 heteroatoms. The molecule has 1 N–H and O–H groups in total. The summed E-state index contributed by atoms with van der Waals surface area (Å²) in [5.41, 5.74) is 1.51. The molecule has 2 rings (SSSR count). The van der Waals surface area contributed by atoms with E-state index >= 15 is 0 Å². The van der Waals surface area contributed by atoms with Gasteiger partial charge in [-0.05, 0) is 18.1 Å². The minimum Gasteiger partial charge on any atom is -0.326 e. The third-order valence-corrected chi connectivity index (χ3v) is 3.21. The number of rotatable bonds is 4. The molecule has 1 aliphatic heterocycles. The van der Waals surface area contributed by atoms with Crippen molar-refractivity contribution in [1.82, 2.24) is 0 Å². The van der Waals surface area contributed by atoms with Crippen molar-refractivity contribution in [3.63, 3.8) is 0 Å². The fourth-order valence-electron chi connectivity index (χ4n) is 2.40. The van der Waals surface area contributed by atoms with Crippen molar-refractivity contribution in [2.24, 2.45) is 5.92 Å².